The van der Waals surface area contributed by atoms with Crippen molar-refractivity contribution in [2.75, 3.05) is 0 Å². The SMILES string of the molecule is FC(F)(F)c1cccc(-c2nc(-c3cccc4ccccc34)no2)c1. The first-order valence-electron chi connectivity index (χ1n) is 7.52. The van der Waals surface area contributed by atoms with Gasteiger partial charge >= 0.3 is 6.18 Å². The first kappa shape index (κ1) is 15.4. The van der Waals surface area contributed by atoms with Crippen LogP contribution in [-0.4, -0.2) is 10.1 Å². The van der Waals surface area contributed by atoms with Crippen molar-refractivity contribution in [1.82, 2.24) is 10.1 Å². The molecular weight excluding hydrogens is 329 g/mol. The normalized spacial score (nSPS) is 11.8. The molecule has 0 bridgehead atoms. The van der Waals surface area contributed by atoms with E-state index in [4.69, 9.17) is 4.52 Å². The largest absolute Gasteiger partial charge is 0.416 e. The summed E-state index contributed by atoms with van der Waals surface area (Å²) < 4.78 is 43.8. The zero-order valence-electron chi connectivity index (χ0n) is 12.8. The monoisotopic (exact) mass is 340 g/mol. The lowest BCUT2D eigenvalue weighted by Gasteiger charge is -2.06. The number of rotatable bonds is 2. The highest BCUT2D eigenvalue weighted by Crippen LogP contribution is 2.33. The second-order valence-electron chi connectivity index (χ2n) is 5.53. The molecule has 25 heavy (non-hydrogen) atoms. The van der Waals surface area contributed by atoms with E-state index in [2.05, 4.69) is 10.1 Å². The predicted octanol–water partition coefficient (Wildman–Crippen LogP) is 5.58. The smallest absolute Gasteiger partial charge is 0.334 e. The molecule has 0 aliphatic carbocycles. The van der Waals surface area contributed by atoms with E-state index < -0.39 is 11.7 Å². The molecule has 6 heteroatoms. The Hall–Kier alpha value is -3.15. The molecule has 0 aliphatic rings. The van der Waals surface area contributed by atoms with Crippen LogP contribution in [-0.2, 0) is 6.18 Å². The molecule has 3 aromatic carbocycles. The van der Waals surface area contributed by atoms with E-state index in [1.165, 1.54) is 12.1 Å². The van der Waals surface area contributed by atoms with E-state index in [-0.39, 0.29) is 11.5 Å². The summed E-state index contributed by atoms with van der Waals surface area (Å²) in [5.74, 6) is 0.387. The maximum Gasteiger partial charge on any atom is 0.416 e. The highest BCUT2D eigenvalue weighted by molar-refractivity contribution is 5.95. The molecule has 0 atom stereocenters. The van der Waals surface area contributed by atoms with Crippen molar-refractivity contribution in [1.29, 1.82) is 0 Å². The molecule has 3 nitrogen and oxygen atoms in total. The molecule has 0 spiro atoms. The van der Waals surface area contributed by atoms with Crippen molar-refractivity contribution >= 4 is 10.8 Å². The van der Waals surface area contributed by atoms with Gasteiger partial charge in [-0.05, 0) is 29.0 Å². The zero-order valence-corrected chi connectivity index (χ0v) is 12.8. The van der Waals surface area contributed by atoms with E-state index in [9.17, 15) is 13.2 Å². The van der Waals surface area contributed by atoms with Crippen molar-refractivity contribution in [2.45, 2.75) is 6.18 Å². The molecule has 4 aromatic rings. The van der Waals surface area contributed by atoms with Crippen LogP contribution in [0.2, 0.25) is 0 Å². The van der Waals surface area contributed by atoms with Crippen molar-refractivity contribution in [3.63, 3.8) is 0 Å². The lowest BCUT2D eigenvalue weighted by molar-refractivity contribution is -0.137. The van der Waals surface area contributed by atoms with Crippen LogP contribution in [0, 0.1) is 0 Å². The Balaban J connectivity index is 1.78. The number of halogens is 3. The van der Waals surface area contributed by atoms with Gasteiger partial charge in [-0.2, -0.15) is 18.2 Å². The maximum atomic E-state index is 12.9. The summed E-state index contributed by atoms with van der Waals surface area (Å²) in [5, 5.41) is 5.90. The number of aromatic nitrogens is 2. The van der Waals surface area contributed by atoms with Crippen LogP contribution >= 0.6 is 0 Å². The fraction of sp³-hybridized carbons (Fsp3) is 0.0526. The Bertz CT molecular complexity index is 1050. The quantitative estimate of drug-likeness (QED) is 0.478. The summed E-state index contributed by atoms with van der Waals surface area (Å²) in [5.41, 5.74) is 0.240. The number of benzene rings is 3. The molecular formula is C19H11F3N2O. The summed E-state index contributed by atoms with van der Waals surface area (Å²) in [6, 6.07) is 18.3. The van der Waals surface area contributed by atoms with E-state index in [1.807, 2.05) is 42.5 Å². The predicted molar refractivity (Wildman–Crippen MR) is 87.7 cm³/mol. The van der Waals surface area contributed by atoms with Crippen LogP contribution in [0.4, 0.5) is 13.2 Å². The molecule has 0 unspecified atom stereocenters. The van der Waals surface area contributed by atoms with Gasteiger partial charge in [0.15, 0.2) is 0 Å². The summed E-state index contributed by atoms with van der Waals surface area (Å²) in [7, 11) is 0. The van der Waals surface area contributed by atoms with Crippen molar-refractivity contribution in [3.05, 3.63) is 72.3 Å². The van der Waals surface area contributed by atoms with Gasteiger partial charge < -0.3 is 4.52 Å². The first-order valence-corrected chi connectivity index (χ1v) is 7.52. The molecule has 0 saturated carbocycles. The van der Waals surface area contributed by atoms with E-state index in [0.29, 0.717) is 5.82 Å². The molecule has 0 N–H and O–H groups in total. The van der Waals surface area contributed by atoms with Gasteiger partial charge in [0, 0.05) is 11.1 Å². The van der Waals surface area contributed by atoms with E-state index >= 15 is 0 Å². The molecule has 0 fully saturated rings. The molecule has 0 radical (unpaired) electrons. The van der Waals surface area contributed by atoms with Crippen LogP contribution in [0.3, 0.4) is 0 Å². The molecule has 4 rings (SSSR count). The average Bonchev–Trinajstić information content (AvgIpc) is 3.10. The molecule has 124 valence electrons. The first-order chi connectivity index (χ1) is 12.0. The minimum atomic E-state index is -4.42. The fourth-order valence-electron chi connectivity index (χ4n) is 2.70. The number of nitrogens with zero attached hydrogens (tertiary/aromatic N) is 2. The van der Waals surface area contributed by atoms with E-state index in [0.717, 1.165) is 28.5 Å². The van der Waals surface area contributed by atoms with Crippen molar-refractivity contribution in [2.24, 2.45) is 0 Å². The van der Waals surface area contributed by atoms with Gasteiger partial charge in [-0.3, -0.25) is 0 Å². The standard InChI is InChI=1S/C19H11F3N2O/c20-19(21,22)14-8-3-7-13(11-14)18-23-17(24-25-18)16-10-4-6-12-5-1-2-9-15(12)16/h1-11H. The van der Waals surface area contributed by atoms with Gasteiger partial charge in [-0.1, -0.05) is 53.7 Å². The Morgan fingerprint density at radius 1 is 0.840 bits per heavy atom. The molecule has 0 amide bonds. The van der Waals surface area contributed by atoms with Gasteiger partial charge in [-0.15, -0.1) is 0 Å². The van der Waals surface area contributed by atoms with Gasteiger partial charge in [-0.25, -0.2) is 0 Å². The molecule has 0 aliphatic heterocycles. The Morgan fingerprint density at radius 2 is 1.60 bits per heavy atom. The summed E-state index contributed by atoms with van der Waals surface area (Å²) in [6.45, 7) is 0. The van der Waals surface area contributed by atoms with Gasteiger partial charge in [0.2, 0.25) is 5.82 Å². The van der Waals surface area contributed by atoms with E-state index in [1.54, 1.807) is 0 Å². The van der Waals surface area contributed by atoms with Crippen LogP contribution in [0.1, 0.15) is 5.56 Å². The maximum absolute atomic E-state index is 12.9. The third kappa shape index (κ3) is 2.87. The van der Waals surface area contributed by atoms with Gasteiger partial charge in [0.05, 0.1) is 5.56 Å². The highest BCUT2D eigenvalue weighted by Gasteiger charge is 2.30. The van der Waals surface area contributed by atoms with Crippen molar-refractivity contribution in [3.8, 4) is 22.8 Å². The Labute approximate surface area is 140 Å². The second-order valence-corrected chi connectivity index (χ2v) is 5.53. The number of hydrogen-bond acceptors (Lipinski definition) is 3. The lowest BCUT2D eigenvalue weighted by atomic mass is 10.0. The third-order valence-electron chi connectivity index (χ3n) is 3.89. The fourth-order valence-corrected chi connectivity index (χ4v) is 2.70. The minimum absolute atomic E-state index is 0.0500. The Kier molecular flexibility index (Phi) is 3.53. The van der Waals surface area contributed by atoms with Crippen LogP contribution in [0.25, 0.3) is 33.6 Å². The molecule has 0 saturated heterocycles. The third-order valence-corrected chi connectivity index (χ3v) is 3.89. The Morgan fingerprint density at radius 3 is 2.44 bits per heavy atom. The minimum Gasteiger partial charge on any atom is -0.334 e. The van der Waals surface area contributed by atoms with Crippen LogP contribution in [0.5, 0.6) is 0 Å². The average molecular weight is 340 g/mol. The van der Waals surface area contributed by atoms with Crippen molar-refractivity contribution < 1.29 is 17.7 Å². The highest BCUT2D eigenvalue weighted by atomic mass is 19.4. The number of hydrogen-bond donors (Lipinski definition) is 0. The topological polar surface area (TPSA) is 38.9 Å². The zero-order chi connectivity index (χ0) is 17.4. The van der Waals surface area contributed by atoms with Gasteiger partial charge in [0.1, 0.15) is 0 Å². The summed E-state index contributed by atoms with van der Waals surface area (Å²) in [4.78, 5) is 4.28. The molecule has 1 aromatic heterocycles. The van der Waals surface area contributed by atoms with Crippen LogP contribution < -0.4 is 0 Å². The number of alkyl halides is 3. The van der Waals surface area contributed by atoms with Crippen LogP contribution in [0.15, 0.2) is 71.3 Å². The van der Waals surface area contributed by atoms with Gasteiger partial charge in [0.25, 0.3) is 5.89 Å². The number of fused-ring (bicyclic) bond motifs is 1. The molecule has 1 heterocycles. The summed E-state index contributed by atoms with van der Waals surface area (Å²) in [6.07, 6.45) is -4.42. The lowest BCUT2D eigenvalue weighted by Crippen LogP contribution is -2.04. The summed E-state index contributed by atoms with van der Waals surface area (Å²) >= 11 is 0. The second kappa shape index (κ2) is 5.73.